The van der Waals surface area contributed by atoms with Crippen LogP contribution in [0.15, 0.2) is 35.1 Å². The van der Waals surface area contributed by atoms with Crippen LogP contribution >= 0.6 is 0 Å². The normalized spacial score (nSPS) is 12.2. The number of hydrogen-bond acceptors (Lipinski definition) is 4. The van der Waals surface area contributed by atoms with E-state index in [2.05, 4.69) is 10.3 Å². The average Bonchev–Trinajstić information content (AvgIpc) is 2.51. The minimum atomic E-state index is -0.695. The first-order valence-electron chi connectivity index (χ1n) is 7.47. The molecule has 0 aliphatic rings. The molecule has 6 heteroatoms. The summed E-state index contributed by atoms with van der Waals surface area (Å²) >= 11 is 0. The smallest absolute Gasteiger partial charge is 0.339 e. The second-order valence-corrected chi connectivity index (χ2v) is 5.77. The lowest BCUT2D eigenvalue weighted by molar-refractivity contribution is -0.125. The van der Waals surface area contributed by atoms with Gasteiger partial charge in [0.25, 0.3) is 5.91 Å². The molecule has 23 heavy (non-hydrogen) atoms. The number of aromatic nitrogens is 1. The zero-order valence-corrected chi connectivity index (χ0v) is 13.4. The van der Waals surface area contributed by atoms with Gasteiger partial charge in [0.15, 0.2) is 6.61 Å². The Morgan fingerprint density at radius 1 is 1.22 bits per heavy atom. The number of benzene rings is 1. The summed E-state index contributed by atoms with van der Waals surface area (Å²) in [5, 5.41) is 3.33. The monoisotopic (exact) mass is 316 g/mol. The first kappa shape index (κ1) is 16.7. The van der Waals surface area contributed by atoms with Crippen molar-refractivity contribution in [1.82, 2.24) is 10.3 Å². The Balaban J connectivity index is 2.10. The number of hydrogen-bond donors (Lipinski definition) is 2. The second-order valence-electron chi connectivity index (χ2n) is 5.77. The number of amides is 1. The van der Waals surface area contributed by atoms with Crippen LogP contribution in [0.1, 0.15) is 31.1 Å². The van der Waals surface area contributed by atoms with Gasteiger partial charge >= 0.3 is 5.97 Å². The van der Waals surface area contributed by atoms with Gasteiger partial charge in [0.05, 0.1) is 5.56 Å². The largest absolute Gasteiger partial charge is 0.452 e. The quantitative estimate of drug-likeness (QED) is 0.824. The van der Waals surface area contributed by atoms with Crippen LogP contribution in [0.3, 0.4) is 0 Å². The molecule has 2 aromatic rings. The van der Waals surface area contributed by atoms with Gasteiger partial charge in [-0.1, -0.05) is 32.0 Å². The Morgan fingerprint density at radius 2 is 1.91 bits per heavy atom. The number of ether oxygens (including phenoxy) is 1. The maximum absolute atomic E-state index is 12.2. The van der Waals surface area contributed by atoms with Crippen molar-refractivity contribution in [3.8, 4) is 0 Å². The first-order valence-corrected chi connectivity index (χ1v) is 7.47. The maximum atomic E-state index is 12.2. The van der Waals surface area contributed by atoms with Crippen LogP contribution in [0.25, 0.3) is 10.9 Å². The number of pyridine rings is 1. The van der Waals surface area contributed by atoms with Crippen molar-refractivity contribution in [2.45, 2.75) is 26.8 Å². The predicted molar refractivity (Wildman–Crippen MR) is 87.3 cm³/mol. The molecule has 6 nitrogen and oxygen atoms in total. The van der Waals surface area contributed by atoms with Gasteiger partial charge in [-0.15, -0.1) is 0 Å². The van der Waals surface area contributed by atoms with Crippen LogP contribution < -0.4 is 10.9 Å². The number of fused-ring (bicyclic) bond motifs is 1. The molecule has 0 saturated carbocycles. The molecule has 0 radical (unpaired) electrons. The van der Waals surface area contributed by atoms with Crippen molar-refractivity contribution in [2.24, 2.45) is 5.92 Å². The Labute approximate surface area is 133 Å². The van der Waals surface area contributed by atoms with Crippen LogP contribution in [0.5, 0.6) is 0 Å². The molecule has 0 saturated heterocycles. The van der Waals surface area contributed by atoms with E-state index in [4.69, 9.17) is 4.74 Å². The number of para-hydroxylation sites is 1. The van der Waals surface area contributed by atoms with Crippen molar-refractivity contribution < 1.29 is 14.3 Å². The molecule has 0 spiro atoms. The van der Waals surface area contributed by atoms with Gasteiger partial charge in [-0.25, -0.2) is 4.79 Å². The number of esters is 1. The van der Waals surface area contributed by atoms with Crippen LogP contribution in [0.2, 0.25) is 0 Å². The van der Waals surface area contributed by atoms with E-state index in [9.17, 15) is 14.4 Å². The molecule has 1 amide bonds. The highest BCUT2D eigenvalue weighted by atomic mass is 16.5. The Hall–Kier alpha value is -2.63. The number of nitrogens with one attached hydrogen (secondary N) is 2. The lowest BCUT2D eigenvalue weighted by Crippen LogP contribution is -2.38. The number of rotatable bonds is 5. The molecule has 0 aliphatic carbocycles. The fraction of sp³-hybridized carbons (Fsp3) is 0.353. The molecule has 1 aromatic heterocycles. The van der Waals surface area contributed by atoms with E-state index < -0.39 is 11.5 Å². The van der Waals surface area contributed by atoms with Crippen LogP contribution in [0, 0.1) is 5.92 Å². The van der Waals surface area contributed by atoms with E-state index in [1.165, 1.54) is 6.07 Å². The summed E-state index contributed by atoms with van der Waals surface area (Å²) in [4.78, 5) is 38.2. The summed E-state index contributed by atoms with van der Waals surface area (Å²) in [6.45, 7) is 5.48. The van der Waals surface area contributed by atoms with Crippen LogP contribution in [0.4, 0.5) is 0 Å². The molecule has 122 valence electrons. The van der Waals surface area contributed by atoms with Gasteiger partial charge in [-0.05, 0) is 18.9 Å². The standard InChI is InChI=1S/C17H20N2O4/c1-10(2)11(3)18-16(21)9-23-17(22)13-8-15(20)19-14-7-5-4-6-12(13)14/h4-8,10-11H,9H2,1-3H3,(H,18,21)(H,19,20). The Kier molecular flexibility index (Phi) is 5.16. The van der Waals surface area contributed by atoms with E-state index in [0.29, 0.717) is 10.9 Å². The average molecular weight is 316 g/mol. The molecule has 0 aliphatic heterocycles. The van der Waals surface area contributed by atoms with Gasteiger partial charge in [-0.2, -0.15) is 0 Å². The van der Waals surface area contributed by atoms with Crippen molar-refractivity contribution in [3.05, 3.63) is 46.2 Å². The lowest BCUT2D eigenvalue weighted by Gasteiger charge is -2.17. The van der Waals surface area contributed by atoms with Crippen LogP contribution in [-0.2, 0) is 9.53 Å². The summed E-state index contributed by atoms with van der Waals surface area (Å²) < 4.78 is 5.03. The third-order valence-corrected chi connectivity index (χ3v) is 3.69. The molecule has 0 fully saturated rings. The molecular weight excluding hydrogens is 296 g/mol. The van der Waals surface area contributed by atoms with Crippen molar-refractivity contribution >= 4 is 22.8 Å². The molecule has 2 rings (SSSR count). The van der Waals surface area contributed by atoms with E-state index in [1.54, 1.807) is 24.3 Å². The number of carbonyl (C=O) groups excluding carboxylic acids is 2. The molecule has 1 unspecified atom stereocenters. The SMILES string of the molecule is CC(C)C(C)NC(=O)COC(=O)c1cc(=O)[nH]c2ccccc12. The summed E-state index contributed by atoms with van der Waals surface area (Å²) in [6.07, 6.45) is 0. The van der Waals surface area contributed by atoms with Gasteiger partial charge < -0.3 is 15.0 Å². The number of aromatic amines is 1. The van der Waals surface area contributed by atoms with E-state index in [-0.39, 0.29) is 30.0 Å². The molecular formula is C17H20N2O4. The Morgan fingerprint density at radius 3 is 2.61 bits per heavy atom. The van der Waals surface area contributed by atoms with E-state index in [0.717, 1.165) is 0 Å². The molecule has 2 N–H and O–H groups in total. The second kappa shape index (κ2) is 7.09. The molecule has 1 heterocycles. The minimum absolute atomic E-state index is 0.0124. The van der Waals surface area contributed by atoms with E-state index >= 15 is 0 Å². The summed E-state index contributed by atoms with van der Waals surface area (Å²) in [5.41, 5.74) is 0.299. The Bertz CT molecular complexity index is 780. The zero-order valence-electron chi connectivity index (χ0n) is 13.4. The molecule has 1 atom stereocenters. The lowest BCUT2D eigenvalue weighted by atomic mass is 10.1. The van der Waals surface area contributed by atoms with E-state index in [1.807, 2.05) is 20.8 Å². The fourth-order valence-corrected chi connectivity index (χ4v) is 2.04. The third-order valence-electron chi connectivity index (χ3n) is 3.69. The van der Waals surface area contributed by atoms with Gasteiger partial charge in [0.2, 0.25) is 5.56 Å². The fourth-order valence-electron chi connectivity index (χ4n) is 2.04. The maximum Gasteiger partial charge on any atom is 0.339 e. The van der Waals surface area contributed by atoms with Gasteiger partial charge in [-0.3, -0.25) is 9.59 Å². The molecule has 1 aromatic carbocycles. The third kappa shape index (κ3) is 4.18. The van der Waals surface area contributed by atoms with Crippen molar-refractivity contribution in [3.63, 3.8) is 0 Å². The van der Waals surface area contributed by atoms with Crippen molar-refractivity contribution in [2.75, 3.05) is 6.61 Å². The summed E-state index contributed by atoms with van der Waals surface area (Å²) in [7, 11) is 0. The topological polar surface area (TPSA) is 88.3 Å². The first-order chi connectivity index (χ1) is 10.9. The summed E-state index contributed by atoms with van der Waals surface area (Å²) in [6, 6.07) is 8.09. The number of H-pyrrole nitrogens is 1. The molecule has 0 bridgehead atoms. The highest BCUT2D eigenvalue weighted by Crippen LogP contribution is 2.15. The van der Waals surface area contributed by atoms with Gasteiger partial charge in [0.1, 0.15) is 0 Å². The summed E-state index contributed by atoms with van der Waals surface area (Å²) in [5.74, 6) is -0.778. The van der Waals surface area contributed by atoms with Crippen LogP contribution in [-0.4, -0.2) is 29.5 Å². The van der Waals surface area contributed by atoms with Gasteiger partial charge in [0, 0.05) is 23.0 Å². The minimum Gasteiger partial charge on any atom is -0.452 e. The predicted octanol–water partition coefficient (Wildman–Crippen LogP) is 1.85. The van der Waals surface area contributed by atoms with Crippen molar-refractivity contribution in [1.29, 1.82) is 0 Å². The number of carbonyl (C=O) groups is 2. The highest BCUT2D eigenvalue weighted by Gasteiger charge is 2.16. The zero-order chi connectivity index (χ0) is 17.0. The highest BCUT2D eigenvalue weighted by molar-refractivity contribution is 6.03.